The third-order valence-corrected chi connectivity index (χ3v) is 4.03. The summed E-state index contributed by atoms with van der Waals surface area (Å²) >= 11 is 0. The lowest BCUT2D eigenvalue weighted by molar-refractivity contribution is 0.577. The third kappa shape index (κ3) is 23.7. The Hall–Kier alpha value is -2.34. The summed E-state index contributed by atoms with van der Waals surface area (Å²) in [7, 11) is 0. The second-order valence-electron chi connectivity index (χ2n) is 6.58. The molecule has 0 aromatic heterocycles. The van der Waals surface area contributed by atoms with Gasteiger partial charge in [-0.1, -0.05) is 162 Å². The Morgan fingerprint density at radius 2 is 0.786 bits per heavy atom. The van der Waals surface area contributed by atoms with Crippen molar-refractivity contribution >= 4 is 0 Å². The summed E-state index contributed by atoms with van der Waals surface area (Å²) in [4.78, 5) is 0. The molecule has 0 atom stereocenters. The summed E-state index contributed by atoms with van der Waals surface area (Å²) in [6, 6.07) is 0. The minimum absolute atomic E-state index is 1.19. The number of unbranched alkanes of at least 4 members (excludes halogenated alkanes) is 8. The van der Waals surface area contributed by atoms with E-state index in [2.05, 4.69) is 31.2 Å². The maximum absolute atomic E-state index is 5.23. The van der Waals surface area contributed by atoms with Gasteiger partial charge in [-0.15, -0.1) is 0 Å². The molecule has 1 radical (unpaired) electrons. The molecule has 0 unspecified atom stereocenters. The maximum atomic E-state index is 5.23. The summed E-state index contributed by atoms with van der Waals surface area (Å²) in [5.41, 5.74) is 0. The largest absolute Gasteiger partial charge is 0.0845 e. The zero-order valence-electron chi connectivity index (χ0n) is 17.8. The van der Waals surface area contributed by atoms with E-state index in [4.69, 9.17) is 6.58 Å². The van der Waals surface area contributed by atoms with Crippen LogP contribution in [0.25, 0.3) is 0 Å². The molecule has 0 aliphatic rings. The molecule has 0 heteroatoms. The molecule has 0 rings (SSSR count). The van der Waals surface area contributed by atoms with E-state index in [1.54, 1.807) is 6.08 Å². The zero-order valence-corrected chi connectivity index (χ0v) is 17.8. The summed E-state index contributed by atoms with van der Waals surface area (Å²) in [5, 5.41) is 0. The molecule has 0 aromatic rings. The Bertz CT molecular complexity index is 559. The van der Waals surface area contributed by atoms with Crippen molar-refractivity contribution in [3.8, 4) is 0 Å². The number of hydrogen-bond donors (Lipinski definition) is 0. The van der Waals surface area contributed by atoms with Crippen LogP contribution in [-0.2, 0) is 0 Å². The molecule has 0 aliphatic carbocycles. The number of rotatable bonds is 17. The highest BCUT2D eigenvalue weighted by atomic mass is 14.0. The summed E-state index contributed by atoms with van der Waals surface area (Å²) < 4.78 is 0. The van der Waals surface area contributed by atoms with Gasteiger partial charge in [0.25, 0.3) is 0 Å². The summed E-state index contributed by atoms with van der Waals surface area (Å²) in [5.74, 6) is 0. The predicted octanol–water partition coefficient (Wildman–Crippen LogP) is 8.96. The van der Waals surface area contributed by atoms with Gasteiger partial charge in [0, 0.05) is 0 Å². The predicted molar refractivity (Wildman–Crippen MR) is 129 cm³/mol. The van der Waals surface area contributed by atoms with E-state index in [-0.39, 0.29) is 0 Å². The lowest BCUT2D eigenvalue weighted by Crippen LogP contribution is -1.79. The van der Waals surface area contributed by atoms with Crippen LogP contribution in [-0.4, -0.2) is 0 Å². The van der Waals surface area contributed by atoms with Gasteiger partial charge in [0.1, 0.15) is 0 Å². The first-order chi connectivity index (χ1) is 13.9. The van der Waals surface area contributed by atoms with Gasteiger partial charge in [-0.2, -0.15) is 0 Å². The van der Waals surface area contributed by atoms with E-state index < -0.39 is 0 Å². The van der Waals surface area contributed by atoms with Gasteiger partial charge >= 0.3 is 0 Å². The molecule has 151 valence electrons. The molecule has 0 saturated carbocycles. The first-order valence-corrected chi connectivity index (χ1v) is 10.8. The van der Waals surface area contributed by atoms with Gasteiger partial charge in [-0.3, -0.25) is 0 Å². The van der Waals surface area contributed by atoms with Crippen LogP contribution in [0.1, 0.15) is 64.7 Å². The smallest absolute Gasteiger partial charge is 0.0348 e. The molecule has 0 fully saturated rings. The SMILES string of the molecule is [CH]=C/C=C/C=C/C=C/C=C/C=C/C=C/C=C/C=C/CCCCCCCCCC. The first-order valence-electron chi connectivity index (χ1n) is 10.8. The summed E-state index contributed by atoms with van der Waals surface area (Å²) in [6.45, 7) is 7.50. The van der Waals surface area contributed by atoms with Gasteiger partial charge < -0.3 is 0 Å². The van der Waals surface area contributed by atoms with Crippen molar-refractivity contribution in [3.63, 3.8) is 0 Å². The molecule has 0 N–H and O–H groups in total. The molecule has 0 nitrogen and oxygen atoms in total. The van der Waals surface area contributed by atoms with Crippen molar-refractivity contribution < 1.29 is 0 Å². The second kappa shape index (κ2) is 24.7. The zero-order chi connectivity index (χ0) is 20.4. The van der Waals surface area contributed by atoms with Crippen LogP contribution in [0.2, 0.25) is 0 Å². The van der Waals surface area contributed by atoms with Crippen LogP contribution in [0, 0.1) is 6.58 Å². The average molecular weight is 376 g/mol. The van der Waals surface area contributed by atoms with Crippen LogP contribution in [0.15, 0.2) is 103 Å². The van der Waals surface area contributed by atoms with E-state index in [0.29, 0.717) is 0 Å². The lowest BCUT2D eigenvalue weighted by atomic mass is 10.1. The van der Waals surface area contributed by atoms with E-state index in [9.17, 15) is 0 Å². The van der Waals surface area contributed by atoms with Gasteiger partial charge in [0.2, 0.25) is 0 Å². The minimum Gasteiger partial charge on any atom is -0.0845 e. The van der Waals surface area contributed by atoms with Crippen molar-refractivity contribution in [1.29, 1.82) is 0 Å². The standard InChI is InChI=1S/C28H39/c1-3-5-7-9-11-13-15-17-19-21-23-25-27-28-26-24-22-20-18-16-14-12-10-8-6-4-2/h1,3,5,7,9,11,13,15,17,19,21-28H,4,6,8,10,12,14,16,18,20H2,2H3/b3-1?,7-5+,11-9+,15-13+,19-17+,23-21+,24-22+,27-25+,28-26+. The molecular weight excluding hydrogens is 336 g/mol. The Morgan fingerprint density at radius 1 is 0.429 bits per heavy atom. The highest BCUT2D eigenvalue weighted by molar-refractivity contribution is 5.21. The molecule has 0 spiro atoms. The van der Waals surface area contributed by atoms with Crippen LogP contribution in [0.4, 0.5) is 0 Å². The average Bonchev–Trinajstić information content (AvgIpc) is 2.71. The van der Waals surface area contributed by atoms with Crippen LogP contribution in [0.3, 0.4) is 0 Å². The van der Waals surface area contributed by atoms with Gasteiger partial charge in [0.15, 0.2) is 0 Å². The fourth-order valence-corrected chi connectivity index (χ4v) is 2.47. The molecule has 0 heterocycles. The monoisotopic (exact) mass is 375 g/mol. The van der Waals surface area contributed by atoms with E-state index in [1.807, 2.05) is 66.8 Å². The number of allylic oxidation sites excluding steroid dienone is 17. The molecule has 0 saturated heterocycles. The quantitative estimate of drug-likeness (QED) is 0.176. The van der Waals surface area contributed by atoms with Crippen molar-refractivity contribution in [1.82, 2.24) is 0 Å². The van der Waals surface area contributed by atoms with Crippen molar-refractivity contribution in [2.24, 2.45) is 0 Å². The molecule has 28 heavy (non-hydrogen) atoms. The van der Waals surface area contributed by atoms with Crippen molar-refractivity contribution in [2.75, 3.05) is 0 Å². The van der Waals surface area contributed by atoms with E-state index >= 15 is 0 Å². The Balaban J connectivity index is 3.62. The Morgan fingerprint density at radius 3 is 1.21 bits per heavy atom. The van der Waals surface area contributed by atoms with Crippen molar-refractivity contribution in [3.05, 3.63) is 110 Å². The highest BCUT2D eigenvalue weighted by Gasteiger charge is 1.89. The van der Waals surface area contributed by atoms with Crippen LogP contribution in [0.5, 0.6) is 0 Å². The fourth-order valence-electron chi connectivity index (χ4n) is 2.47. The Kier molecular flexibility index (Phi) is 22.6. The van der Waals surface area contributed by atoms with Crippen LogP contribution < -0.4 is 0 Å². The van der Waals surface area contributed by atoms with Crippen molar-refractivity contribution in [2.45, 2.75) is 64.7 Å². The van der Waals surface area contributed by atoms with E-state index in [0.717, 1.165) is 0 Å². The Labute approximate surface area is 174 Å². The summed E-state index contributed by atoms with van der Waals surface area (Å²) in [6.07, 6.45) is 46.0. The van der Waals surface area contributed by atoms with Gasteiger partial charge in [-0.25, -0.2) is 0 Å². The molecule has 0 aliphatic heterocycles. The topological polar surface area (TPSA) is 0 Å². The highest BCUT2D eigenvalue weighted by Crippen LogP contribution is 2.09. The van der Waals surface area contributed by atoms with Crippen LogP contribution >= 0.6 is 0 Å². The number of hydrogen-bond acceptors (Lipinski definition) is 0. The molecule has 0 aromatic carbocycles. The fraction of sp³-hybridized carbons (Fsp3) is 0.357. The molecule has 0 bridgehead atoms. The third-order valence-electron chi connectivity index (χ3n) is 4.03. The van der Waals surface area contributed by atoms with Gasteiger partial charge in [-0.05, 0) is 12.8 Å². The van der Waals surface area contributed by atoms with Gasteiger partial charge in [0.05, 0.1) is 0 Å². The minimum atomic E-state index is 1.19. The molecule has 0 amide bonds. The normalized spacial score (nSPS) is 13.5. The maximum Gasteiger partial charge on any atom is -0.0348 e. The molecular formula is C28H39. The van der Waals surface area contributed by atoms with E-state index in [1.165, 1.54) is 63.9 Å². The second-order valence-corrected chi connectivity index (χ2v) is 6.58. The lowest BCUT2D eigenvalue weighted by Gasteiger charge is -1.99. The first kappa shape index (κ1) is 25.7.